The molecule has 0 atom stereocenters. The normalized spacial score (nSPS) is 11.6. The molecule has 0 radical (unpaired) electrons. The summed E-state index contributed by atoms with van der Waals surface area (Å²) in [5.74, 6) is -0.345. The number of aliphatic hydroxyl groups excluding tert-OH is 1. The highest BCUT2D eigenvalue weighted by Crippen LogP contribution is 2.21. The zero-order chi connectivity index (χ0) is 13.2. The molecule has 17 heavy (non-hydrogen) atoms. The molecule has 0 spiro atoms. The van der Waals surface area contributed by atoms with Crippen LogP contribution < -0.4 is 0 Å². The van der Waals surface area contributed by atoms with Crippen LogP contribution in [0.15, 0.2) is 0 Å². The van der Waals surface area contributed by atoms with E-state index in [9.17, 15) is 4.79 Å². The summed E-state index contributed by atoms with van der Waals surface area (Å²) in [6.07, 6.45) is 0.553. The van der Waals surface area contributed by atoms with Crippen LogP contribution in [-0.4, -0.2) is 28.3 Å². The molecule has 4 heteroatoms. The molecule has 1 rings (SSSR count). The average Bonchev–Trinajstić information content (AvgIpc) is 2.43. The van der Waals surface area contributed by atoms with Crippen LogP contribution >= 0.6 is 0 Å². The smallest absolute Gasteiger partial charge is 0.355 e. The van der Waals surface area contributed by atoms with E-state index in [1.54, 1.807) is 0 Å². The quantitative estimate of drug-likeness (QED) is 0.794. The number of carbonyl (C=O) groups excluding carboxylic acids is 1. The van der Waals surface area contributed by atoms with Gasteiger partial charge in [-0.3, -0.25) is 0 Å². The van der Waals surface area contributed by atoms with Gasteiger partial charge < -0.3 is 14.8 Å². The number of ether oxygens (including phenoxy) is 1. The summed E-state index contributed by atoms with van der Waals surface area (Å²) in [5.41, 5.74) is 2.76. The Kier molecular flexibility index (Phi) is 3.98. The van der Waals surface area contributed by atoms with Gasteiger partial charge in [0.05, 0.1) is 0 Å². The first-order chi connectivity index (χ1) is 7.76. The van der Waals surface area contributed by atoms with Crippen molar-refractivity contribution in [2.24, 2.45) is 0 Å². The number of hydrogen-bond donors (Lipinski definition) is 2. The van der Waals surface area contributed by atoms with E-state index in [1.165, 1.54) is 0 Å². The second-order valence-corrected chi connectivity index (χ2v) is 5.20. The molecule has 1 aromatic heterocycles. The largest absolute Gasteiger partial charge is 0.455 e. The Morgan fingerprint density at radius 1 is 1.35 bits per heavy atom. The SMILES string of the molecule is Cc1[nH]c(C(=O)OC(C)(C)C)c(C)c1CCO. The van der Waals surface area contributed by atoms with E-state index >= 15 is 0 Å². The number of H-pyrrole nitrogens is 1. The number of hydrogen-bond acceptors (Lipinski definition) is 3. The highest BCUT2D eigenvalue weighted by atomic mass is 16.6. The van der Waals surface area contributed by atoms with E-state index in [-0.39, 0.29) is 12.6 Å². The van der Waals surface area contributed by atoms with E-state index in [0.717, 1.165) is 16.8 Å². The van der Waals surface area contributed by atoms with Gasteiger partial charge in [-0.15, -0.1) is 0 Å². The average molecular weight is 239 g/mol. The third-order valence-electron chi connectivity index (χ3n) is 2.56. The van der Waals surface area contributed by atoms with Gasteiger partial charge in [0.15, 0.2) is 0 Å². The first-order valence-corrected chi connectivity index (χ1v) is 5.78. The lowest BCUT2D eigenvalue weighted by Crippen LogP contribution is -2.24. The van der Waals surface area contributed by atoms with Gasteiger partial charge in [0.25, 0.3) is 0 Å². The van der Waals surface area contributed by atoms with E-state index in [1.807, 2.05) is 34.6 Å². The van der Waals surface area contributed by atoms with Gasteiger partial charge in [-0.05, 0) is 52.2 Å². The summed E-state index contributed by atoms with van der Waals surface area (Å²) in [7, 11) is 0. The van der Waals surface area contributed by atoms with Crippen molar-refractivity contribution in [1.29, 1.82) is 0 Å². The second-order valence-electron chi connectivity index (χ2n) is 5.20. The van der Waals surface area contributed by atoms with Crippen LogP contribution in [0.25, 0.3) is 0 Å². The maximum atomic E-state index is 11.9. The zero-order valence-electron chi connectivity index (χ0n) is 11.2. The van der Waals surface area contributed by atoms with Crippen molar-refractivity contribution in [1.82, 2.24) is 4.98 Å². The van der Waals surface area contributed by atoms with E-state index in [4.69, 9.17) is 9.84 Å². The van der Waals surface area contributed by atoms with Gasteiger partial charge >= 0.3 is 5.97 Å². The Hall–Kier alpha value is -1.29. The first kappa shape index (κ1) is 13.8. The Balaban J connectivity index is 3.00. The number of rotatable bonds is 3. The molecule has 0 aromatic carbocycles. The predicted octanol–water partition coefficient (Wildman–Crippen LogP) is 2.12. The summed E-state index contributed by atoms with van der Waals surface area (Å²) < 4.78 is 5.32. The lowest BCUT2D eigenvalue weighted by molar-refractivity contribution is 0.00626. The van der Waals surface area contributed by atoms with Crippen LogP contribution in [0.3, 0.4) is 0 Å². The number of aromatic amines is 1. The van der Waals surface area contributed by atoms with Crippen molar-refractivity contribution in [3.8, 4) is 0 Å². The molecule has 2 N–H and O–H groups in total. The summed E-state index contributed by atoms with van der Waals surface area (Å²) in [6.45, 7) is 9.35. The predicted molar refractivity (Wildman–Crippen MR) is 66.2 cm³/mol. The van der Waals surface area contributed by atoms with Crippen LogP contribution in [0.4, 0.5) is 0 Å². The number of aromatic nitrogens is 1. The lowest BCUT2D eigenvalue weighted by atomic mass is 10.1. The number of esters is 1. The van der Waals surface area contributed by atoms with Crippen LogP contribution in [0.5, 0.6) is 0 Å². The molecule has 1 heterocycles. The highest BCUT2D eigenvalue weighted by molar-refractivity contribution is 5.90. The third-order valence-corrected chi connectivity index (χ3v) is 2.56. The lowest BCUT2D eigenvalue weighted by Gasteiger charge is -2.19. The molecule has 0 saturated carbocycles. The molecule has 96 valence electrons. The summed E-state index contributed by atoms with van der Waals surface area (Å²) in [5, 5.41) is 8.97. The van der Waals surface area contributed by atoms with Crippen molar-refractivity contribution < 1.29 is 14.6 Å². The standard InChI is InChI=1S/C13H21NO3/c1-8-10(6-7-15)9(2)14-11(8)12(16)17-13(3,4)5/h14-15H,6-7H2,1-5H3. The number of nitrogens with one attached hydrogen (secondary N) is 1. The van der Waals surface area contributed by atoms with E-state index in [0.29, 0.717) is 12.1 Å². The van der Waals surface area contributed by atoms with Gasteiger partial charge in [0, 0.05) is 12.3 Å². The third kappa shape index (κ3) is 3.33. The Morgan fingerprint density at radius 2 is 1.94 bits per heavy atom. The minimum absolute atomic E-state index is 0.0767. The summed E-state index contributed by atoms with van der Waals surface area (Å²) >= 11 is 0. The fraction of sp³-hybridized carbons (Fsp3) is 0.615. The van der Waals surface area contributed by atoms with Crippen molar-refractivity contribution in [3.63, 3.8) is 0 Å². The van der Waals surface area contributed by atoms with E-state index < -0.39 is 5.60 Å². The highest BCUT2D eigenvalue weighted by Gasteiger charge is 2.22. The maximum absolute atomic E-state index is 11.9. The fourth-order valence-corrected chi connectivity index (χ4v) is 1.81. The Morgan fingerprint density at radius 3 is 2.41 bits per heavy atom. The molecular formula is C13H21NO3. The zero-order valence-corrected chi connectivity index (χ0v) is 11.2. The van der Waals surface area contributed by atoms with Gasteiger partial charge in [0.2, 0.25) is 0 Å². The van der Waals surface area contributed by atoms with E-state index in [2.05, 4.69) is 4.98 Å². The first-order valence-electron chi connectivity index (χ1n) is 5.78. The summed E-state index contributed by atoms with van der Waals surface area (Å²) in [4.78, 5) is 15.0. The maximum Gasteiger partial charge on any atom is 0.355 e. The molecule has 0 fully saturated rings. The molecule has 1 aromatic rings. The second kappa shape index (κ2) is 4.92. The van der Waals surface area contributed by atoms with Crippen LogP contribution in [0.2, 0.25) is 0 Å². The molecule has 0 bridgehead atoms. The number of carbonyl (C=O) groups is 1. The van der Waals surface area contributed by atoms with Gasteiger partial charge in [-0.25, -0.2) is 4.79 Å². The van der Waals surface area contributed by atoms with Gasteiger partial charge in [0.1, 0.15) is 11.3 Å². The molecular weight excluding hydrogens is 218 g/mol. The monoisotopic (exact) mass is 239 g/mol. The van der Waals surface area contributed by atoms with Crippen LogP contribution in [-0.2, 0) is 11.2 Å². The molecule has 0 amide bonds. The van der Waals surface area contributed by atoms with Crippen LogP contribution in [0.1, 0.15) is 48.1 Å². The number of aliphatic hydroxyl groups is 1. The van der Waals surface area contributed by atoms with Crippen molar-refractivity contribution in [2.75, 3.05) is 6.61 Å². The molecule has 0 unspecified atom stereocenters. The topological polar surface area (TPSA) is 62.3 Å². The minimum Gasteiger partial charge on any atom is -0.455 e. The molecule has 0 aliphatic rings. The molecule has 0 aliphatic carbocycles. The van der Waals surface area contributed by atoms with Gasteiger partial charge in [-0.1, -0.05) is 0 Å². The molecule has 4 nitrogen and oxygen atoms in total. The minimum atomic E-state index is -0.500. The van der Waals surface area contributed by atoms with Crippen molar-refractivity contribution >= 4 is 5.97 Å². The molecule has 0 saturated heterocycles. The van der Waals surface area contributed by atoms with Crippen molar-refractivity contribution in [2.45, 2.75) is 46.6 Å². The Bertz CT molecular complexity index is 413. The summed E-state index contributed by atoms with van der Waals surface area (Å²) in [6, 6.07) is 0. The van der Waals surface area contributed by atoms with Crippen LogP contribution in [0, 0.1) is 13.8 Å². The fourth-order valence-electron chi connectivity index (χ4n) is 1.81. The Labute approximate surface area is 102 Å². The molecule has 0 aliphatic heterocycles. The number of aryl methyl sites for hydroxylation is 1. The van der Waals surface area contributed by atoms with Gasteiger partial charge in [-0.2, -0.15) is 0 Å². The van der Waals surface area contributed by atoms with Crippen molar-refractivity contribution in [3.05, 3.63) is 22.5 Å².